The van der Waals surface area contributed by atoms with Gasteiger partial charge in [0.25, 0.3) is 0 Å². The van der Waals surface area contributed by atoms with Gasteiger partial charge in [-0.05, 0) is 41.5 Å². The van der Waals surface area contributed by atoms with Crippen molar-refractivity contribution in [3.05, 3.63) is 72.5 Å². The number of ether oxygens (including phenoxy) is 1. The highest BCUT2D eigenvalue weighted by Crippen LogP contribution is 2.28. The number of halogens is 1. The van der Waals surface area contributed by atoms with Crippen molar-refractivity contribution >= 4 is 11.4 Å². The summed E-state index contributed by atoms with van der Waals surface area (Å²) in [5.41, 5.74) is 14.5. The Labute approximate surface area is 128 Å². The minimum absolute atomic E-state index is 0.247. The summed E-state index contributed by atoms with van der Waals surface area (Å²) < 4.78 is 18.7. The first-order chi connectivity index (χ1) is 10.6. The highest BCUT2D eigenvalue weighted by atomic mass is 19.1. The van der Waals surface area contributed by atoms with Crippen molar-refractivity contribution in [2.45, 2.75) is 0 Å². The van der Waals surface area contributed by atoms with Gasteiger partial charge in [-0.2, -0.15) is 0 Å². The summed E-state index contributed by atoms with van der Waals surface area (Å²) in [6, 6.07) is 19.0. The highest BCUT2D eigenvalue weighted by Gasteiger charge is 2.02. The lowest BCUT2D eigenvalue weighted by Crippen LogP contribution is -1.92. The third-order valence-electron chi connectivity index (χ3n) is 3.22. The monoisotopic (exact) mass is 294 g/mol. The zero-order chi connectivity index (χ0) is 15.5. The van der Waals surface area contributed by atoms with Gasteiger partial charge in [-0.25, -0.2) is 4.39 Å². The number of hydrogen-bond donors (Lipinski definition) is 2. The second-order valence-corrected chi connectivity index (χ2v) is 4.97. The first-order valence-corrected chi connectivity index (χ1v) is 6.80. The molecule has 0 aliphatic carbocycles. The Morgan fingerprint density at radius 1 is 0.636 bits per heavy atom. The summed E-state index contributed by atoms with van der Waals surface area (Å²) in [5, 5.41) is 0. The summed E-state index contributed by atoms with van der Waals surface area (Å²) in [5.74, 6) is 1.02. The lowest BCUT2D eigenvalue weighted by Gasteiger charge is -2.08. The van der Waals surface area contributed by atoms with Crippen molar-refractivity contribution in [2.75, 3.05) is 11.5 Å². The van der Waals surface area contributed by atoms with E-state index in [0.717, 1.165) is 11.1 Å². The average molecular weight is 294 g/mol. The van der Waals surface area contributed by atoms with Gasteiger partial charge < -0.3 is 16.2 Å². The SMILES string of the molecule is Nc1cc(N)cc(Oc2ccc(-c3ccc(F)cc3)cc2)c1. The number of nitrogens with two attached hydrogens (primary N) is 2. The van der Waals surface area contributed by atoms with Crippen molar-refractivity contribution in [1.29, 1.82) is 0 Å². The molecule has 0 aliphatic rings. The Balaban J connectivity index is 1.80. The molecule has 0 heterocycles. The Hall–Kier alpha value is -3.01. The quantitative estimate of drug-likeness (QED) is 0.701. The molecule has 4 N–H and O–H groups in total. The van der Waals surface area contributed by atoms with Crippen LogP contribution in [0.2, 0.25) is 0 Å². The summed E-state index contributed by atoms with van der Waals surface area (Å²) in [6.45, 7) is 0. The molecule has 0 amide bonds. The van der Waals surface area contributed by atoms with Crippen LogP contribution in [0, 0.1) is 5.82 Å². The van der Waals surface area contributed by atoms with Gasteiger partial charge >= 0.3 is 0 Å². The fourth-order valence-corrected chi connectivity index (χ4v) is 2.20. The fraction of sp³-hybridized carbons (Fsp3) is 0. The first kappa shape index (κ1) is 13.9. The Kier molecular flexibility index (Phi) is 3.66. The van der Waals surface area contributed by atoms with Gasteiger partial charge in [0.05, 0.1) is 0 Å². The van der Waals surface area contributed by atoms with Crippen molar-refractivity contribution in [3.8, 4) is 22.6 Å². The predicted molar refractivity (Wildman–Crippen MR) is 87.2 cm³/mol. The molecule has 110 valence electrons. The van der Waals surface area contributed by atoms with Gasteiger partial charge in [-0.3, -0.25) is 0 Å². The van der Waals surface area contributed by atoms with E-state index < -0.39 is 0 Å². The molecule has 0 saturated carbocycles. The smallest absolute Gasteiger partial charge is 0.131 e. The third kappa shape index (κ3) is 3.17. The third-order valence-corrected chi connectivity index (χ3v) is 3.22. The molecule has 3 nitrogen and oxygen atoms in total. The van der Waals surface area contributed by atoms with E-state index in [1.54, 1.807) is 30.3 Å². The maximum atomic E-state index is 12.9. The van der Waals surface area contributed by atoms with E-state index in [1.807, 2.05) is 24.3 Å². The van der Waals surface area contributed by atoms with Gasteiger partial charge in [0.1, 0.15) is 17.3 Å². The molecule has 0 aliphatic heterocycles. The molecule has 0 saturated heterocycles. The van der Waals surface area contributed by atoms with Crippen LogP contribution in [0.25, 0.3) is 11.1 Å². The molecular formula is C18H15FN2O. The zero-order valence-electron chi connectivity index (χ0n) is 11.8. The molecule has 0 radical (unpaired) electrons. The zero-order valence-corrected chi connectivity index (χ0v) is 11.8. The molecule has 0 aromatic heterocycles. The second-order valence-electron chi connectivity index (χ2n) is 4.97. The molecule has 0 atom stereocenters. The standard InChI is InChI=1S/C18H15FN2O/c19-14-5-1-12(2-6-14)13-3-7-17(8-4-13)22-18-10-15(20)9-16(21)11-18/h1-11H,20-21H2. The number of anilines is 2. The van der Waals surface area contributed by atoms with E-state index in [2.05, 4.69) is 0 Å². The fourth-order valence-electron chi connectivity index (χ4n) is 2.20. The van der Waals surface area contributed by atoms with Crippen LogP contribution < -0.4 is 16.2 Å². The van der Waals surface area contributed by atoms with E-state index in [9.17, 15) is 4.39 Å². The Morgan fingerprint density at radius 2 is 1.14 bits per heavy atom. The topological polar surface area (TPSA) is 61.3 Å². The molecule has 4 heteroatoms. The normalized spacial score (nSPS) is 10.4. The lowest BCUT2D eigenvalue weighted by molar-refractivity contribution is 0.483. The molecule has 3 aromatic carbocycles. The number of hydrogen-bond acceptors (Lipinski definition) is 3. The number of rotatable bonds is 3. The summed E-state index contributed by atoms with van der Waals surface area (Å²) in [7, 11) is 0. The first-order valence-electron chi connectivity index (χ1n) is 6.80. The molecule has 3 aromatic rings. The van der Waals surface area contributed by atoms with Crippen molar-refractivity contribution < 1.29 is 9.13 Å². The van der Waals surface area contributed by atoms with Crippen LogP contribution in [0.5, 0.6) is 11.5 Å². The van der Waals surface area contributed by atoms with Crippen LogP contribution in [0.1, 0.15) is 0 Å². The number of nitrogen functional groups attached to an aromatic ring is 2. The molecule has 22 heavy (non-hydrogen) atoms. The molecule has 0 bridgehead atoms. The van der Waals surface area contributed by atoms with Gasteiger partial charge in [0, 0.05) is 23.5 Å². The average Bonchev–Trinajstić information content (AvgIpc) is 2.48. The predicted octanol–water partition coefficient (Wildman–Crippen LogP) is 4.45. The van der Waals surface area contributed by atoms with Crippen LogP contribution in [0.3, 0.4) is 0 Å². The summed E-state index contributed by atoms with van der Waals surface area (Å²) in [4.78, 5) is 0. The maximum absolute atomic E-state index is 12.9. The van der Waals surface area contributed by atoms with Crippen LogP contribution in [-0.2, 0) is 0 Å². The van der Waals surface area contributed by atoms with E-state index in [4.69, 9.17) is 16.2 Å². The lowest BCUT2D eigenvalue weighted by atomic mass is 10.1. The molecule has 0 unspecified atom stereocenters. The van der Waals surface area contributed by atoms with Gasteiger partial charge in [-0.1, -0.05) is 24.3 Å². The minimum atomic E-state index is -0.247. The number of benzene rings is 3. The van der Waals surface area contributed by atoms with Crippen LogP contribution in [0.4, 0.5) is 15.8 Å². The second kappa shape index (κ2) is 5.77. The van der Waals surface area contributed by atoms with E-state index >= 15 is 0 Å². The van der Waals surface area contributed by atoms with Crippen LogP contribution >= 0.6 is 0 Å². The van der Waals surface area contributed by atoms with E-state index in [-0.39, 0.29) is 5.82 Å². The van der Waals surface area contributed by atoms with Crippen molar-refractivity contribution in [1.82, 2.24) is 0 Å². The van der Waals surface area contributed by atoms with Gasteiger partial charge in [0.2, 0.25) is 0 Å². The summed E-state index contributed by atoms with van der Waals surface area (Å²) in [6.07, 6.45) is 0. The van der Waals surface area contributed by atoms with Crippen LogP contribution in [-0.4, -0.2) is 0 Å². The van der Waals surface area contributed by atoms with Crippen molar-refractivity contribution in [2.24, 2.45) is 0 Å². The van der Waals surface area contributed by atoms with Gasteiger partial charge in [0.15, 0.2) is 0 Å². The van der Waals surface area contributed by atoms with Crippen molar-refractivity contribution in [3.63, 3.8) is 0 Å². The molecular weight excluding hydrogens is 279 g/mol. The maximum Gasteiger partial charge on any atom is 0.131 e. The molecule has 3 rings (SSSR count). The summed E-state index contributed by atoms with van der Waals surface area (Å²) >= 11 is 0. The Bertz CT molecular complexity index is 763. The minimum Gasteiger partial charge on any atom is -0.457 e. The molecule has 0 fully saturated rings. The molecule has 0 spiro atoms. The van der Waals surface area contributed by atoms with E-state index in [0.29, 0.717) is 22.9 Å². The van der Waals surface area contributed by atoms with E-state index in [1.165, 1.54) is 12.1 Å². The van der Waals surface area contributed by atoms with Gasteiger partial charge in [-0.15, -0.1) is 0 Å². The van der Waals surface area contributed by atoms with Crippen LogP contribution in [0.15, 0.2) is 66.7 Å². The highest BCUT2D eigenvalue weighted by molar-refractivity contribution is 5.64. The largest absolute Gasteiger partial charge is 0.457 e. The Morgan fingerprint density at radius 3 is 1.68 bits per heavy atom.